The van der Waals surface area contributed by atoms with Crippen molar-refractivity contribution in [2.75, 3.05) is 0 Å². The summed E-state index contributed by atoms with van der Waals surface area (Å²) >= 11 is 0. The van der Waals surface area contributed by atoms with Crippen molar-refractivity contribution in [1.82, 2.24) is 9.55 Å². The fourth-order valence-electron chi connectivity index (χ4n) is 3.28. The van der Waals surface area contributed by atoms with Gasteiger partial charge in [-0.25, -0.2) is 4.98 Å². The first-order chi connectivity index (χ1) is 12.6. The average molecular weight is 340 g/mol. The lowest BCUT2D eigenvalue weighted by atomic mass is 10.1. The average Bonchev–Trinajstić information content (AvgIpc) is 2.65. The van der Waals surface area contributed by atoms with Gasteiger partial charge in [0.25, 0.3) is 5.56 Å². The van der Waals surface area contributed by atoms with Crippen LogP contribution >= 0.6 is 0 Å². The maximum atomic E-state index is 13.2. The van der Waals surface area contributed by atoms with Gasteiger partial charge < -0.3 is 0 Å². The topological polar surface area (TPSA) is 34.9 Å². The van der Waals surface area contributed by atoms with Crippen LogP contribution in [-0.4, -0.2) is 9.55 Å². The van der Waals surface area contributed by atoms with Gasteiger partial charge in [0.15, 0.2) is 0 Å². The van der Waals surface area contributed by atoms with Crippen molar-refractivity contribution < 1.29 is 0 Å². The van der Waals surface area contributed by atoms with Crippen LogP contribution in [0.2, 0.25) is 0 Å². The first-order valence-corrected chi connectivity index (χ1v) is 8.74. The predicted octanol–water partition coefficient (Wildman–Crippen LogP) is 4.73. The summed E-state index contributed by atoms with van der Waals surface area (Å²) in [6.45, 7) is 4.63. The number of hydrogen-bond donors (Lipinski definition) is 0. The molecule has 3 heteroatoms. The second kappa shape index (κ2) is 6.60. The van der Waals surface area contributed by atoms with E-state index in [0.29, 0.717) is 17.8 Å². The molecule has 0 aliphatic carbocycles. The van der Waals surface area contributed by atoms with Crippen molar-refractivity contribution >= 4 is 10.9 Å². The number of aromatic nitrogens is 2. The molecule has 3 aromatic carbocycles. The molecule has 0 saturated heterocycles. The van der Waals surface area contributed by atoms with E-state index in [4.69, 9.17) is 4.98 Å². The highest BCUT2D eigenvalue weighted by Crippen LogP contribution is 2.21. The van der Waals surface area contributed by atoms with Crippen LogP contribution in [0.1, 0.15) is 16.7 Å². The number of aryl methyl sites for hydroxylation is 2. The molecule has 4 aromatic rings. The SMILES string of the molecule is Cc1cccc(-c2nc3ccccc3c(=O)n2Cc2ccccc2C)c1. The molecule has 0 amide bonds. The molecule has 1 aromatic heterocycles. The van der Waals surface area contributed by atoms with Gasteiger partial charge in [-0.2, -0.15) is 0 Å². The van der Waals surface area contributed by atoms with E-state index < -0.39 is 0 Å². The van der Waals surface area contributed by atoms with E-state index in [2.05, 4.69) is 25.1 Å². The zero-order chi connectivity index (χ0) is 18.1. The van der Waals surface area contributed by atoms with E-state index in [9.17, 15) is 4.79 Å². The van der Waals surface area contributed by atoms with Crippen molar-refractivity contribution in [3.63, 3.8) is 0 Å². The minimum absolute atomic E-state index is 0.00430. The van der Waals surface area contributed by atoms with Crippen LogP contribution in [0.3, 0.4) is 0 Å². The van der Waals surface area contributed by atoms with Gasteiger partial charge >= 0.3 is 0 Å². The van der Waals surface area contributed by atoms with Gasteiger partial charge in [-0.05, 0) is 43.2 Å². The van der Waals surface area contributed by atoms with Crippen molar-refractivity contribution in [2.24, 2.45) is 0 Å². The summed E-state index contributed by atoms with van der Waals surface area (Å²) in [6, 6.07) is 23.8. The molecule has 0 radical (unpaired) electrons. The molecule has 0 saturated carbocycles. The van der Waals surface area contributed by atoms with Crippen molar-refractivity contribution in [2.45, 2.75) is 20.4 Å². The summed E-state index contributed by atoms with van der Waals surface area (Å²) in [5.41, 5.74) is 5.13. The summed E-state index contributed by atoms with van der Waals surface area (Å²) in [5, 5.41) is 0.650. The molecule has 0 unspecified atom stereocenters. The molecule has 0 spiro atoms. The number of rotatable bonds is 3. The van der Waals surface area contributed by atoms with Gasteiger partial charge in [0, 0.05) is 5.56 Å². The van der Waals surface area contributed by atoms with Gasteiger partial charge in [-0.3, -0.25) is 9.36 Å². The number of nitrogens with zero attached hydrogens (tertiary/aromatic N) is 2. The Hall–Kier alpha value is -3.20. The van der Waals surface area contributed by atoms with Crippen LogP contribution < -0.4 is 5.56 Å². The Morgan fingerprint density at radius 3 is 2.46 bits per heavy atom. The van der Waals surface area contributed by atoms with Crippen LogP contribution in [0, 0.1) is 13.8 Å². The molecule has 4 rings (SSSR count). The Bertz CT molecular complexity index is 1160. The summed E-state index contributed by atoms with van der Waals surface area (Å²) in [4.78, 5) is 18.1. The molecular weight excluding hydrogens is 320 g/mol. The number of hydrogen-bond acceptors (Lipinski definition) is 2. The standard InChI is InChI=1S/C23H20N2O/c1-16-8-7-11-18(14-16)22-24-21-13-6-5-12-20(21)23(26)25(22)15-19-10-4-3-9-17(19)2/h3-14H,15H2,1-2H3. The van der Waals surface area contributed by atoms with Gasteiger partial charge in [-0.15, -0.1) is 0 Å². The maximum Gasteiger partial charge on any atom is 0.261 e. The highest BCUT2D eigenvalue weighted by molar-refractivity contribution is 5.79. The third-order valence-corrected chi connectivity index (χ3v) is 4.73. The molecule has 0 aliphatic rings. The Morgan fingerprint density at radius 2 is 1.65 bits per heavy atom. The number of fused-ring (bicyclic) bond motifs is 1. The predicted molar refractivity (Wildman–Crippen MR) is 106 cm³/mol. The smallest absolute Gasteiger partial charge is 0.261 e. The molecule has 128 valence electrons. The zero-order valence-electron chi connectivity index (χ0n) is 14.9. The molecule has 3 nitrogen and oxygen atoms in total. The van der Waals surface area contributed by atoms with Gasteiger partial charge in [0.05, 0.1) is 17.4 Å². The summed E-state index contributed by atoms with van der Waals surface area (Å²) in [6.07, 6.45) is 0. The normalized spacial score (nSPS) is 11.0. The van der Waals surface area contributed by atoms with E-state index in [1.54, 1.807) is 4.57 Å². The lowest BCUT2D eigenvalue weighted by molar-refractivity contribution is 0.755. The second-order valence-corrected chi connectivity index (χ2v) is 6.64. The van der Waals surface area contributed by atoms with E-state index in [1.165, 1.54) is 5.56 Å². The van der Waals surface area contributed by atoms with E-state index >= 15 is 0 Å². The monoisotopic (exact) mass is 340 g/mol. The number of benzene rings is 3. The third-order valence-electron chi connectivity index (χ3n) is 4.73. The minimum Gasteiger partial charge on any atom is -0.288 e. The van der Waals surface area contributed by atoms with E-state index in [-0.39, 0.29) is 5.56 Å². The maximum absolute atomic E-state index is 13.2. The molecule has 0 atom stereocenters. The van der Waals surface area contributed by atoms with Crippen molar-refractivity contribution in [3.05, 3.63) is 99.8 Å². The number of para-hydroxylation sites is 1. The lowest BCUT2D eigenvalue weighted by Crippen LogP contribution is -2.24. The molecule has 0 aliphatic heterocycles. The van der Waals surface area contributed by atoms with Gasteiger partial charge in [-0.1, -0.05) is 60.2 Å². The quantitative estimate of drug-likeness (QED) is 0.540. The van der Waals surface area contributed by atoms with Crippen LogP contribution in [-0.2, 0) is 6.54 Å². The highest BCUT2D eigenvalue weighted by Gasteiger charge is 2.14. The van der Waals surface area contributed by atoms with Crippen molar-refractivity contribution in [1.29, 1.82) is 0 Å². The van der Waals surface area contributed by atoms with Crippen LogP contribution in [0.4, 0.5) is 0 Å². The molecule has 26 heavy (non-hydrogen) atoms. The van der Waals surface area contributed by atoms with Crippen LogP contribution in [0.25, 0.3) is 22.3 Å². The van der Waals surface area contributed by atoms with Gasteiger partial charge in [0.2, 0.25) is 0 Å². The first-order valence-electron chi connectivity index (χ1n) is 8.74. The Kier molecular flexibility index (Phi) is 4.13. The molecular formula is C23H20N2O. The third kappa shape index (κ3) is 2.92. The van der Waals surface area contributed by atoms with Gasteiger partial charge in [0.1, 0.15) is 5.82 Å². The van der Waals surface area contributed by atoms with Crippen molar-refractivity contribution in [3.8, 4) is 11.4 Å². The van der Waals surface area contributed by atoms with E-state index in [1.807, 2.05) is 61.5 Å². The molecule has 0 bridgehead atoms. The highest BCUT2D eigenvalue weighted by atomic mass is 16.1. The Labute approximate surface area is 152 Å². The second-order valence-electron chi connectivity index (χ2n) is 6.64. The minimum atomic E-state index is -0.00430. The lowest BCUT2D eigenvalue weighted by Gasteiger charge is -2.15. The van der Waals surface area contributed by atoms with Crippen LogP contribution in [0.5, 0.6) is 0 Å². The Balaban J connectivity index is 2.00. The molecule has 1 heterocycles. The largest absolute Gasteiger partial charge is 0.288 e. The first kappa shape index (κ1) is 16.3. The fraction of sp³-hybridized carbons (Fsp3) is 0.130. The fourth-order valence-corrected chi connectivity index (χ4v) is 3.28. The zero-order valence-corrected chi connectivity index (χ0v) is 14.9. The molecule has 0 fully saturated rings. The summed E-state index contributed by atoms with van der Waals surface area (Å²) in [5.74, 6) is 0.709. The molecule has 0 N–H and O–H groups in total. The Morgan fingerprint density at radius 1 is 0.885 bits per heavy atom. The summed E-state index contributed by atoms with van der Waals surface area (Å²) in [7, 11) is 0. The van der Waals surface area contributed by atoms with Crippen LogP contribution in [0.15, 0.2) is 77.6 Å². The summed E-state index contributed by atoms with van der Waals surface area (Å²) < 4.78 is 1.79. The van der Waals surface area contributed by atoms with E-state index in [0.717, 1.165) is 22.2 Å².